The molecule has 0 bridgehead atoms. The Morgan fingerprint density at radius 2 is 1.62 bits per heavy atom. The van der Waals surface area contributed by atoms with Gasteiger partial charge in [-0.15, -0.1) is 0 Å². The van der Waals surface area contributed by atoms with Crippen molar-refractivity contribution in [1.29, 1.82) is 0 Å². The molecule has 2 heterocycles. The van der Waals surface area contributed by atoms with Crippen molar-refractivity contribution in [1.82, 2.24) is 20.5 Å². The van der Waals surface area contributed by atoms with Crippen LogP contribution in [0.15, 0.2) is 60.8 Å². The van der Waals surface area contributed by atoms with Crippen molar-refractivity contribution in [2.45, 2.75) is 77.5 Å². The maximum absolute atomic E-state index is 13.9. The minimum atomic E-state index is -1.29. The summed E-state index contributed by atoms with van der Waals surface area (Å²) in [4.78, 5) is 44.9. The number of fused-ring (bicyclic) bond motifs is 1. The van der Waals surface area contributed by atoms with Crippen LogP contribution in [0.4, 0.5) is 4.79 Å². The first-order valence-corrected chi connectivity index (χ1v) is 14.1. The highest BCUT2D eigenvalue weighted by molar-refractivity contribution is 5.94. The lowest BCUT2D eigenvalue weighted by atomic mass is 9.89. The number of alkyl carbamates (subject to hydrolysis) is 1. The van der Waals surface area contributed by atoms with Gasteiger partial charge in [0.15, 0.2) is 0 Å². The van der Waals surface area contributed by atoms with Gasteiger partial charge < -0.3 is 25.3 Å². The maximum Gasteiger partial charge on any atom is 0.408 e. The van der Waals surface area contributed by atoms with Gasteiger partial charge in [0, 0.05) is 36.6 Å². The number of piperidine rings is 1. The standard InChI is InChI=1S/C32H42N4O4/c1-31(2,3)40-30(39)35-32(4,5)29(38)34-27(20-24-21-33-26-14-10-9-13-25(24)26)28(37)36-17-15-23(16-18-36)19-22-11-7-6-8-12-22/h6-14,21,23,27,33H,15-20H2,1-5H3,(H,34,38)(H,35,39)/t27-/m1/s1. The second kappa shape index (κ2) is 12.1. The molecule has 1 fully saturated rings. The SMILES string of the molecule is CC(C)(C)OC(=O)NC(C)(C)C(=O)N[C@H](Cc1c[nH]c2ccccc12)C(=O)N1CCC(Cc2ccccc2)CC1. The second-order valence-electron chi connectivity index (χ2n) is 12.3. The lowest BCUT2D eigenvalue weighted by Crippen LogP contribution is -2.60. The molecule has 3 N–H and O–H groups in total. The van der Waals surface area contributed by atoms with Crippen molar-refractivity contribution in [2.24, 2.45) is 5.92 Å². The van der Waals surface area contributed by atoms with E-state index in [9.17, 15) is 14.4 Å². The molecular formula is C32H42N4O4. The summed E-state index contributed by atoms with van der Waals surface area (Å²) < 4.78 is 5.35. The quantitative estimate of drug-likeness (QED) is 0.371. The summed E-state index contributed by atoms with van der Waals surface area (Å²) in [7, 11) is 0. The number of aromatic amines is 1. The van der Waals surface area contributed by atoms with Crippen LogP contribution in [0.1, 0.15) is 58.6 Å². The number of nitrogens with zero attached hydrogens (tertiary/aromatic N) is 1. The van der Waals surface area contributed by atoms with Crippen molar-refractivity contribution in [2.75, 3.05) is 13.1 Å². The summed E-state index contributed by atoms with van der Waals surface area (Å²) in [6.07, 6.45) is 4.38. The van der Waals surface area contributed by atoms with Crippen LogP contribution >= 0.6 is 0 Å². The van der Waals surface area contributed by atoms with Crippen LogP contribution in [0.5, 0.6) is 0 Å². The Balaban J connectivity index is 1.47. The zero-order chi connectivity index (χ0) is 28.9. The summed E-state index contributed by atoms with van der Waals surface area (Å²) in [5.41, 5.74) is 1.26. The summed E-state index contributed by atoms with van der Waals surface area (Å²) in [6, 6.07) is 17.6. The van der Waals surface area contributed by atoms with E-state index in [-0.39, 0.29) is 5.91 Å². The Morgan fingerprint density at radius 1 is 0.975 bits per heavy atom. The van der Waals surface area contributed by atoms with Crippen molar-refractivity contribution in [3.05, 3.63) is 71.9 Å². The zero-order valence-electron chi connectivity index (χ0n) is 24.3. The van der Waals surface area contributed by atoms with Crippen LogP contribution < -0.4 is 10.6 Å². The molecule has 2 aromatic carbocycles. The number of carbonyl (C=O) groups is 3. The number of nitrogens with one attached hydrogen (secondary N) is 3. The molecule has 0 unspecified atom stereocenters. The molecule has 1 aliphatic rings. The van der Waals surface area contributed by atoms with Gasteiger partial charge in [-0.3, -0.25) is 9.59 Å². The molecular weight excluding hydrogens is 504 g/mol. The predicted octanol–water partition coefficient (Wildman–Crippen LogP) is 4.98. The van der Waals surface area contributed by atoms with Crippen molar-refractivity contribution in [3.63, 3.8) is 0 Å². The van der Waals surface area contributed by atoms with E-state index < -0.39 is 29.2 Å². The fourth-order valence-corrected chi connectivity index (χ4v) is 5.20. The third kappa shape index (κ3) is 7.64. The third-order valence-electron chi connectivity index (χ3n) is 7.38. The molecule has 1 saturated heterocycles. The van der Waals surface area contributed by atoms with Crippen molar-refractivity contribution in [3.8, 4) is 0 Å². The van der Waals surface area contributed by atoms with Crippen LogP contribution in [0.2, 0.25) is 0 Å². The van der Waals surface area contributed by atoms with E-state index >= 15 is 0 Å². The Labute approximate surface area is 236 Å². The van der Waals surface area contributed by atoms with Gasteiger partial charge in [-0.2, -0.15) is 0 Å². The van der Waals surface area contributed by atoms with Gasteiger partial charge >= 0.3 is 6.09 Å². The van der Waals surface area contributed by atoms with Gasteiger partial charge in [-0.05, 0) is 77.0 Å². The molecule has 214 valence electrons. The van der Waals surface area contributed by atoms with Crippen LogP contribution in [0, 0.1) is 5.92 Å². The monoisotopic (exact) mass is 546 g/mol. The highest BCUT2D eigenvalue weighted by atomic mass is 16.6. The molecule has 4 rings (SSSR count). The van der Waals surface area contributed by atoms with E-state index in [4.69, 9.17) is 4.74 Å². The number of likely N-dealkylation sites (tertiary alicyclic amines) is 1. The Kier molecular flexibility index (Phi) is 8.86. The van der Waals surface area contributed by atoms with Crippen LogP contribution in [0.3, 0.4) is 0 Å². The van der Waals surface area contributed by atoms with Gasteiger partial charge in [0.2, 0.25) is 11.8 Å². The van der Waals surface area contributed by atoms with Gasteiger partial charge in [0.05, 0.1) is 0 Å². The number of amides is 3. The molecule has 0 radical (unpaired) electrons. The van der Waals surface area contributed by atoms with E-state index in [1.807, 2.05) is 41.4 Å². The predicted molar refractivity (Wildman–Crippen MR) is 157 cm³/mol. The number of hydrogen-bond donors (Lipinski definition) is 3. The minimum absolute atomic E-state index is 0.107. The number of rotatable bonds is 8. The molecule has 0 spiro atoms. The average Bonchev–Trinajstić information content (AvgIpc) is 3.30. The van der Waals surface area contributed by atoms with Crippen LogP contribution in [0.25, 0.3) is 10.9 Å². The normalized spacial score (nSPS) is 15.5. The van der Waals surface area contributed by atoms with Crippen LogP contribution in [-0.4, -0.2) is 58.1 Å². The van der Waals surface area contributed by atoms with Crippen molar-refractivity contribution >= 4 is 28.8 Å². The number of hydrogen-bond acceptors (Lipinski definition) is 4. The first kappa shape index (κ1) is 29.2. The van der Waals surface area contributed by atoms with E-state index in [0.29, 0.717) is 25.4 Å². The van der Waals surface area contributed by atoms with Crippen LogP contribution in [-0.2, 0) is 27.2 Å². The van der Waals surface area contributed by atoms with E-state index in [1.165, 1.54) is 5.56 Å². The first-order valence-electron chi connectivity index (χ1n) is 14.1. The van der Waals surface area contributed by atoms with E-state index in [1.54, 1.807) is 34.6 Å². The number of aromatic nitrogens is 1. The molecule has 40 heavy (non-hydrogen) atoms. The van der Waals surface area contributed by atoms with Crippen molar-refractivity contribution < 1.29 is 19.1 Å². The summed E-state index contributed by atoms with van der Waals surface area (Å²) >= 11 is 0. The fraction of sp³-hybridized carbons (Fsp3) is 0.469. The van der Waals surface area contributed by atoms with Gasteiger partial charge in [-0.25, -0.2) is 4.79 Å². The molecule has 1 aromatic heterocycles. The van der Waals surface area contributed by atoms with E-state index in [2.05, 4.69) is 39.9 Å². The fourth-order valence-electron chi connectivity index (χ4n) is 5.20. The lowest BCUT2D eigenvalue weighted by molar-refractivity contribution is -0.138. The molecule has 1 atom stereocenters. The molecule has 8 nitrogen and oxygen atoms in total. The third-order valence-corrected chi connectivity index (χ3v) is 7.38. The minimum Gasteiger partial charge on any atom is -0.444 e. The molecule has 3 amide bonds. The Bertz CT molecular complexity index is 1320. The summed E-state index contributed by atoms with van der Waals surface area (Å²) in [6.45, 7) is 9.80. The van der Waals surface area contributed by atoms with Gasteiger partial charge in [0.1, 0.15) is 17.2 Å². The highest BCUT2D eigenvalue weighted by Crippen LogP contribution is 2.24. The number of ether oxygens (including phenoxy) is 1. The second-order valence-corrected chi connectivity index (χ2v) is 12.3. The number of H-pyrrole nitrogens is 1. The topological polar surface area (TPSA) is 104 Å². The number of benzene rings is 2. The largest absolute Gasteiger partial charge is 0.444 e. The molecule has 3 aromatic rings. The highest BCUT2D eigenvalue weighted by Gasteiger charge is 2.36. The number of carbonyl (C=O) groups excluding carboxylic acids is 3. The smallest absolute Gasteiger partial charge is 0.408 e. The zero-order valence-corrected chi connectivity index (χ0v) is 24.3. The summed E-state index contributed by atoms with van der Waals surface area (Å²) in [5, 5.41) is 6.63. The Hall–Kier alpha value is -3.81. The first-order chi connectivity index (χ1) is 18.9. The molecule has 1 aliphatic heterocycles. The molecule has 0 aliphatic carbocycles. The molecule has 8 heteroatoms. The average molecular weight is 547 g/mol. The van der Waals surface area contributed by atoms with Gasteiger partial charge in [0.25, 0.3) is 0 Å². The maximum atomic E-state index is 13.9. The van der Waals surface area contributed by atoms with E-state index in [0.717, 1.165) is 35.7 Å². The summed E-state index contributed by atoms with van der Waals surface area (Å²) in [5.74, 6) is -0.0366. The lowest BCUT2D eigenvalue weighted by Gasteiger charge is -2.35. The number of para-hydroxylation sites is 1. The Morgan fingerprint density at radius 3 is 2.30 bits per heavy atom. The van der Waals surface area contributed by atoms with Gasteiger partial charge in [-0.1, -0.05) is 48.5 Å². The molecule has 0 saturated carbocycles.